The molecule has 0 atom stereocenters. The molecule has 1 amide bonds. The summed E-state index contributed by atoms with van der Waals surface area (Å²) in [5.41, 5.74) is 0.587. The minimum atomic E-state index is -0.127. The Kier molecular flexibility index (Phi) is 5.51. The quantitative estimate of drug-likeness (QED) is 0.768. The second-order valence-corrected chi connectivity index (χ2v) is 4.74. The van der Waals surface area contributed by atoms with Crippen LogP contribution in [-0.4, -0.2) is 37.7 Å². The van der Waals surface area contributed by atoms with Gasteiger partial charge >= 0.3 is 0 Å². The first kappa shape index (κ1) is 15.3. The predicted octanol–water partition coefficient (Wildman–Crippen LogP) is 2.43. The number of benzene rings is 1. The Balaban J connectivity index is 2.31. The maximum absolute atomic E-state index is 12.2. The number of hydrogen-bond acceptors (Lipinski definition) is 4. The van der Waals surface area contributed by atoms with Gasteiger partial charge in [0.2, 0.25) is 0 Å². The third-order valence-corrected chi connectivity index (χ3v) is 3.17. The van der Waals surface area contributed by atoms with Gasteiger partial charge in [0.1, 0.15) is 5.82 Å². The Morgan fingerprint density at radius 3 is 2.71 bits per heavy atom. The molecule has 1 aromatic carbocycles. The standard InChI is InChI=1S/C16H21N3O2/c1-3-8-17-15-13-7-5-4-6-12(13)14(11-19-15)16(20)18-9-10-21-2/h4-7,11H,3,8-10H2,1-2H3,(H,17,19)(H,18,20). The van der Waals surface area contributed by atoms with Gasteiger partial charge in [-0.3, -0.25) is 4.79 Å². The molecule has 0 unspecified atom stereocenters. The highest BCUT2D eigenvalue weighted by Gasteiger charge is 2.12. The summed E-state index contributed by atoms with van der Waals surface area (Å²) < 4.78 is 4.94. The first-order chi connectivity index (χ1) is 10.3. The summed E-state index contributed by atoms with van der Waals surface area (Å²) in [5, 5.41) is 7.99. The van der Waals surface area contributed by atoms with E-state index in [0.717, 1.165) is 29.6 Å². The number of hydrogen-bond donors (Lipinski definition) is 2. The van der Waals surface area contributed by atoms with Crippen LogP contribution in [0.15, 0.2) is 30.5 Å². The lowest BCUT2D eigenvalue weighted by atomic mass is 10.1. The van der Waals surface area contributed by atoms with E-state index in [9.17, 15) is 4.79 Å². The van der Waals surface area contributed by atoms with Gasteiger partial charge in [-0.15, -0.1) is 0 Å². The number of carbonyl (C=O) groups is 1. The molecule has 0 spiro atoms. The van der Waals surface area contributed by atoms with E-state index in [-0.39, 0.29) is 5.91 Å². The minimum Gasteiger partial charge on any atom is -0.383 e. The number of amides is 1. The van der Waals surface area contributed by atoms with Gasteiger partial charge in [0, 0.05) is 31.8 Å². The first-order valence-electron chi connectivity index (χ1n) is 7.16. The van der Waals surface area contributed by atoms with Crippen molar-refractivity contribution in [2.24, 2.45) is 0 Å². The molecule has 0 saturated carbocycles. The van der Waals surface area contributed by atoms with Gasteiger partial charge in [-0.2, -0.15) is 0 Å². The highest BCUT2D eigenvalue weighted by molar-refractivity contribution is 6.09. The Hall–Kier alpha value is -2.14. The lowest BCUT2D eigenvalue weighted by molar-refractivity contribution is 0.0938. The maximum Gasteiger partial charge on any atom is 0.253 e. The highest BCUT2D eigenvalue weighted by atomic mass is 16.5. The average molecular weight is 287 g/mol. The zero-order valence-corrected chi connectivity index (χ0v) is 12.5. The van der Waals surface area contributed by atoms with Crippen molar-refractivity contribution in [3.8, 4) is 0 Å². The van der Waals surface area contributed by atoms with E-state index in [0.29, 0.717) is 18.7 Å². The van der Waals surface area contributed by atoms with Crippen molar-refractivity contribution in [3.05, 3.63) is 36.0 Å². The predicted molar refractivity (Wildman–Crippen MR) is 84.7 cm³/mol. The van der Waals surface area contributed by atoms with Crippen LogP contribution >= 0.6 is 0 Å². The molecule has 5 nitrogen and oxygen atoms in total. The topological polar surface area (TPSA) is 63.2 Å². The minimum absolute atomic E-state index is 0.127. The summed E-state index contributed by atoms with van der Waals surface area (Å²) in [4.78, 5) is 16.6. The molecule has 112 valence electrons. The summed E-state index contributed by atoms with van der Waals surface area (Å²) in [6.07, 6.45) is 2.65. The van der Waals surface area contributed by atoms with Crippen molar-refractivity contribution in [3.63, 3.8) is 0 Å². The van der Waals surface area contributed by atoms with E-state index in [1.807, 2.05) is 24.3 Å². The van der Waals surface area contributed by atoms with Crippen LogP contribution in [0.1, 0.15) is 23.7 Å². The van der Waals surface area contributed by atoms with E-state index in [2.05, 4.69) is 22.5 Å². The molecule has 5 heteroatoms. The van der Waals surface area contributed by atoms with Crippen molar-refractivity contribution in [1.82, 2.24) is 10.3 Å². The van der Waals surface area contributed by atoms with Crippen LogP contribution < -0.4 is 10.6 Å². The molecule has 1 heterocycles. The summed E-state index contributed by atoms with van der Waals surface area (Å²) in [5.74, 6) is 0.693. The number of anilines is 1. The first-order valence-corrected chi connectivity index (χ1v) is 7.16. The van der Waals surface area contributed by atoms with Gasteiger partial charge < -0.3 is 15.4 Å². The average Bonchev–Trinajstić information content (AvgIpc) is 2.52. The fourth-order valence-corrected chi connectivity index (χ4v) is 2.12. The van der Waals surface area contributed by atoms with Crippen molar-refractivity contribution >= 4 is 22.5 Å². The molecule has 1 aromatic heterocycles. The van der Waals surface area contributed by atoms with Gasteiger partial charge in [0.15, 0.2) is 0 Å². The van der Waals surface area contributed by atoms with Gasteiger partial charge in [-0.25, -0.2) is 4.98 Å². The third-order valence-electron chi connectivity index (χ3n) is 3.17. The zero-order chi connectivity index (χ0) is 15.1. The van der Waals surface area contributed by atoms with E-state index >= 15 is 0 Å². The Morgan fingerprint density at radius 2 is 2.00 bits per heavy atom. The lowest BCUT2D eigenvalue weighted by Crippen LogP contribution is -2.27. The summed E-state index contributed by atoms with van der Waals surface area (Å²) in [6, 6.07) is 7.80. The monoisotopic (exact) mass is 287 g/mol. The number of ether oxygens (including phenoxy) is 1. The van der Waals surface area contributed by atoms with Crippen molar-refractivity contribution in [2.75, 3.05) is 32.1 Å². The van der Waals surface area contributed by atoms with Crippen LogP contribution in [0.5, 0.6) is 0 Å². The largest absolute Gasteiger partial charge is 0.383 e. The highest BCUT2D eigenvalue weighted by Crippen LogP contribution is 2.24. The molecule has 2 N–H and O–H groups in total. The number of fused-ring (bicyclic) bond motifs is 1. The zero-order valence-electron chi connectivity index (χ0n) is 12.5. The van der Waals surface area contributed by atoms with Crippen LogP contribution in [0.2, 0.25) is 0 Å². The lowest BCUT2D eigenvalue weighted by Gasteiger charge is -2.11. The Bertz CT molecular complexity index is 613. The molecule has 0 aliphatic heterocycles. The molecular weight excluding hydrogens is 266 g/mol. The Labute approximate surface area is 124 Å². The van der Waals surface area contributed by atoms with Crippen LogP contribution in [0.25, 0.3) is 10.8 Å². The molecule has 0 aliphatic carbocycles. The van der Waals surface area contributed by atoms with E-state index < -0.39 is 0 Å². The van der Waals surface area contributed by atoms with Crippen LogP contribution in [0, 0.1) is 0 Å². The van der Waals surface area contributed by atoms with Crippen LogP contribution in [0.4, 0.5) is 5.82 Å². The normalized spacial score (nSPS) is 10.6. The number of nitrogens with one attached hydrogen (secondary N) is 2. The van der Waals surface area contributed by atoms with E-state index in [1.165, 1.54) is 0 Å². The number of nitrogens with zero attached hydrogens (tertiary/aromatic N) is 1. The van der Waals surface area contributed by atoms with Crippen molar-refractivity contribution in [2.45, 2.75) is 13.3 Å². The number of aromatic nitrogens is 1. The molecule has 0 bridgehead atoms. The molecule has 2 aromatic rings. The third kappa shape index (κ3) is 3.70. The number of rotatable bonds is 7. The molecule has 0 fully saturated rings. The molecule has 0 radical (unpaired) electrons. The van der Waals surface area contributed by atoms with Crippen LogP contribution in [-0.2, 0) is 4.74 Å². The molecule has 0 aliphatic rings. The SMILES string of the molecule is CCCNc1ncc(C(=O)NCCOC)c2ccccc12. The van der Waals surface area contributed by atoms with Crippen molar-refractivity contribution < 1.29 is 9.53 Å². The number of carbonyl (C=O) groups excluding carboxylic acids is 1. The molecular formula is C16H21N3O2. The Morgan fingerprint density at radius 1 is 1.24 bits per heavy atom. The van der Waals surface area contributed by atoms with Gasteiger partial charge in [-0.1, -0.05) is 31.2 Å². The van der Waals surface area contributed by atoms with Gasteiger partial charge in [-0.05, 0) is 11.8 Å². The molecule has 2 rings (SSSR count). The molecule has 0 saturated heterocycles. The fourth-order valence-electron chi connectivity index (χ4n) is 2.12. The van der Waals surface area contributed by atoms with Crippen molar-refractivity contribution in [1.29, 1.82) is 0 Å². The second-order valence-electron chi connectivity index (χ2n) is 4.74. The summed E-state index contributed by atoms with van der Waals surface area (Å²) in [7, 11) is 1.61. The van der Waals surface area contributed by atoms with Crippen LogP contribution in [0.3, 0.4) is 0 Å². The summed E-state index contributed by atoms with van der Waals surface area (Å²) >= 11 is 0. The van der Waals surface area contributed by atoms with E-state index in [4.69, 9.17) is 4.74 Å². The maximum atomic E-state index is 12.2. The number of pyridine rings is 1. The van der Waals surface area contributed by atoms with Gasteiger partial charge in [0.05, 0.1) is 12.2 Å². The van der Waals surface area contributed by atoms with Gasteiger partial charge in [0.25, 0.3) is 5.91 Å². The smallest absolute Gasteiger partial charge is 0.253 e. The summed E-state index contributed by atoms with van der Waals surface area (Å²) in [6.45, 7) is 3.94. The number of methoxy groups -OCH3 is 1. The fraction of sp³-hybridized carbons (Fsp3) is 0.375. The van der Waals surface area contributed by atoms with E-state index in [1.54, 1.807) is 13.3 Å². The second kappa shape index (κ2) is 7.59. The molecule has 21 heavy (non-hydrogen) atoms.